The highest BCUT2D eigenvalue weighted by Gasteiger charge is 2.28. The van der Waals surface area contributed by atoms with E-state index >= 15 is 0 Å². The van der Waals surface area contributed by atoms with Gasteiger partial charge in [-0.2, -0.15) is 0 Å². The van der Waals surface area contributed by atoms with Gasteiger partial charge in [-0.15, -0.1) is 0 Å². The third kappa shape index (κ3) is 2.39. The molecule has 4 heteroatoms. The first-order valence-electron chi connectivity index (χ1n) is 6.45. The average Bonchev–Trinajstić information content (AvgIpc) is 2.42. The largest absolute Gasteiger partial charge is 0.485 e. The third-order valence-electron chi connectivity index (χ3n) is 3.61. The van der Waals surface area contributed by atoms with E-state index in [1.807, 2.05) is 25.1 Å². The normalized spacial score (nSPS) is 21.2. The van der Waals surface area contributed by atoms with Crippen molar-refractivity contribution in [3.05, 3.63) is 63.9 Å². The summed E-state index contributed by atoms with van der Waals surface area (Å²) in [6.45, 7) is 1.93. The molecule has 0 fully saturated rings. The van der Waals surface area contributed by atoms with Gasteiger partial charge in [-0.3, -0.25) is 0 Å². The van der Waals surface area contributed by atoms with E-state index in [0.717, 1.165) is 11.1 Å². The second-order valence-electron chi connectivity index (χ2n) is 5.05. The SMILES string of the molecule is Cc1ccc(C2C[C@H](O)c3cc(F)ccc3O2)cc1Cl. The predicted octanol–water partition coefficient (Wildman–Crippen LogP) is 4.34. The number of hydrogen-bond acceptors (Lipinski definition) is 2. The van der Waals surface area contributed by atoms with Gasteiger partial charge in [0.1, 0.15) is 17.7 Å². The molecule has 1 aliphatic rings. The van der Waals surface area contributed by atoms with E-state index in [9.17, 15) is 9.50 Å². The fourth-order valence-corrected chi connectivity index (χ4v) is 2.62. The lowest BCUT2D eigenvalue weighted by Gasteiger charge is -2.30. The van der Waals surface area contributed by atoms with E-state index in [0.29, 0.717) is 22.8 Å². The fraction of sp³-hybridized carbons (Fsp3) is 0.250. The molecule has 20 heavy (non-hydrogen) atoms. The maximum Gasteiger partial charge on any atom is 0.127 e. The number of aryl methyl sites for hydroxylation is 1. The Hall–Kier alpha value is -1.58. The Morgan fingerprint density at radius 3 is 2.80 bits per heavy atom. The van der Waals surface area contributed by atoms with Crippen molar-refractivity contribution in [1.82, 2.24) is 0 Å². The van der Waals surface area contributed by atoms with Crippen LogP contribution in [0.5, 0.6) is 5.75 Å². The number of ether oxygens (including phenoxy) is 1. The van der Waals surface area contributed by atoms with Crippen molar-refractivity contribution in [2.24, 2.45) is 0 Å². The van der Waals surface area contributed by atoms with E-state index in [1.165, 1.54) is 12.1 Å². The Morgan fingerprint density at radius 2 is 2.05 bits per heavy atom. The Kier molecular flexibility index (Phi) is 3.40. The first-order valence-corrected chi connectivity index (χ1v) is 6.82. The van der Waals surface area contributed by atoms with Gasteiger partial charge in [0, 0.05) is 17.0 Å². The summed E-state index contributed by atoms with van der Waals surface area (Å²) < 4.78 is 19.1. The number of aliphatic hydroxyl groups excluding tert-OH is 1. The average molecular weight is 293 g/mol. The van der Waals surface area contributed by atoms with Crippen LogP contribution in [-0.4, -0.2) is 5.11 Å². The molecular formula is C16H14ClFO2. The summed E-state index contributed by atoms with van der Waals surface area (Å²) in [7, 11) is 0. The molecule has 2 nitrogen and oxygen atoms in total. The molecule has 104 valence electrons. The van der Waals surface area contributed by atoms with Crippen molar-refractivity contribution in [2.75, 3.05) is 0 Å². The van der Waals surface area contributed by atoms with E-state index in [2.05, 4.69) is 0 Å². The fourth-order valence-electron chi connectivity index (χ4n) is 2.43. The summed E-state index contributed by atoms with van der Waals surface area (Å²) in [6.07, 6.45) is -0.629. The second kappa shape index (κ2) is 5.08. The van der Waals surface area contributed by atoms with Gasteiger partial charge in [-0.25, -0.2) is 4.39 Å². The summed E-state index contributed by atoms with van der Waals surface area (Å²) in [5.41, 5.74) is 2.41. The van der Waals surface area contributed by atoms with E-state index in [1.54, 1.807) is 6.07 Å². The molecule has 1 heterocycles. The molecule has 3 rings (SSSR count). The monoisotopic (exact) mass is 292 g/mol. The number of rotatable bonds is 1. The molecule has 0 radical (unpaired) electrons. The van der Waals surface area contributed by atoms with Crippen LogP contribution in [0.25, 0.3) is 0 Å². The van der Waals surface area contributed by atoms with E-state index < -0.39 is 6.10 Å². The van der Waals surface area contributed by atoms with Crippen LogP contribution in [0, 0.1) is 12.7 Å². The Morgan fingerprint density at radius 1 is 1.25 bits per heavy atom. The van der Waals surface area contributed by atoms with Crippen LogP contribution < -0.4 is 4.74 Å². The summed E-state index contributed by atoms with van der Waals surface area (Å²) in [6, 6.07) is 9.91. The van der Waals surface area contributed by atoms with Crippen LogP contribution >= 0.6 is 11.6 Å². The van der Waals surface area contributed by atoms with Crippen LogP contribution in [0.15, 0.2) is 36.4 Å². The molecule has 2 aromatic carbocycles. The number of hydrogen-bond donors (Lipinski definition) is 1. The molecule has 0 aromatic heterocycles. The van der Waals surface area contributed by atoms with Crippen molar-refractivity contribution in [3.63, 3.8) is 0 Å². The first kappa shape index (κ1) is 13.4. The van der Waals surface area contributed by atoms with Crippen molar-refractivity contribution in [3.8, 4) is 5.75 Å². The molecule has 0 bridgehead atoms. The van der Waals surface area contributed by atoms with Gasteiger partial charge in [0.15, 0.2) is 0 Å². The Bertz CT molecular complexity index is 657. The lowest BCUT2D eigenvalue weighted by Crippen LogP contribution is -2.19. The summed E-state index contributed by atoms with van der Waals surface area (Å²) in [5, 5.41) is 10.8. The molecule has 2 atom stereocenters. The first-order chi connectivity index (χ1) is 9.54. The Balaban J connectivity index is 1.94. The van der Waals surface area contributed by atoms with Gasteiger partial charge < -0.3 is 9.84 Å². The van der Waals surface area contributed by atoms with Crippen molar-refractivity contribution in [2.45, 2.75) is 25.6 Å². The minimum Gasteiger partial charge on any atom is -0.485 e. The standard InChI is InChI=1S/C16H14ClFO2/c1-9-2-3-10(6-13(9)17)16-8-14(19)12-7-11(18)4-5-15(12)20-16/h2-7,14,16,19H,8H2,1H3/t14-,16?/m0/s1. The molecule has 0 saturated carbocycles. The highest BCUT2D eigenvalue weighted by atomic mass is 35.5. The highest BCUT2D eigenvalue weighted by Crippen LogP contribution is 2.41. The van der Waals surface area contributed by atoms with Gasteiger partial charge in [0.05, 0.1) is 6.10 Å². The molecule has 0 saturated heterocycles. The molecule has 1 N–H and O–H groups in total. The summed E-state index contributed by atoms with van der Waals surface area (Å²) >= 11 is 6.12. The number of aliphatic hydroxyl groups is 1. The lowest BCUT2D eigenvalue weighted by molar-refractivity contribution is 0.0653. The molecule has 0 spiro atoms. The molecule has 2 aromatic rings. The van der Waals surface area contributed by atoms with Crippen molar-refractivity contribution < 1.29 is 14.2 Å². The summed E-state index contributed by atoms with van der Waals surface area (Å²) in [5.74, 6) is 0.148. The van der Waals surface area contributed by atoms with E-state index in [-0.39, 0.29) is 11.9 Å². The Labute approximate surface area is 121 Å². The van der Waals surface area contributed by atoms with Crippen LogP contribution in [0.4, 0.5) is 4.39 Å². The summed E-state index contributed by atoms with van der Waals surface area (Å²) in [4.78, 5) is 0. The smallest absolute Gasteiger partial charge is 0.127 e. The zero-order chi connectivity index (χ0) is 14.3. The van der Waals surface area contributed by atoms with Gasteiger partial charge in [0.2, 0.25) is 0 Å². The zero-order valence-electron chi connectivity index (χ0n) is 10.9. The zero-order valence-corrected chi connectivity index (χ0v) is 11.7. The van der Waals surface area contributed by atoms with Crippen LogP contribution in [-0.2, 0) is 0 Å². The van der Waals surface area contributed by atoms with Gasteiger partial charge in [0.25, 0.3) is 0 Å². The van der Waals surface area contributed by atoms with Crippen LogP contribution in [0.3, 0.4) is 0 Å². The molecular weight excluding hydrogens is 279 g/mol. The van der Waals surface area contributed by atoms with Crippen molar-refractivity contribution in [1.29, 1.82) is 0 Å². The molecule has 1 unspecified atom stereocenters. The lowest BCUT2D eigenvalue weighted by atomic mass is 9.94. The minimum absolute atomic E-state index is 0.277. The van der Waals surface area contributed by atoms with Crippen LogP contribution in [0.1, 0.15) is 35.3 Å². The third-order valence-corrected chi connectivity index (χ3v) is 4.01. The topological polar surface area (TPSA) is 29.5 Å². The number of halogens is 2. The molecule has 0 amide bonds. The quantitative estimate of drug-likeness (QED) is 0.847. The van der Waals surface area contributed by atoms with Crippen LogP contribution in [0.2, 0.25) is 5.02 Å². The second-order valence-corrected chi connectivity index (χ2v) is 5.46. The van der Waals surface area contributed by atoms with Crippen molar-refractivity contribution >= 4 is 11.6 Å². The van der Waals surface area contributed by atoms with Gasteiger partial charge in [-0.1, -0.05) is 23.7 Å². The minimum atomic E-state index is -0.737. The van der Waals surface area contributed by atoms with Gasteiger partial charge in [-0.05, 0) is 42.3 Å². The molecule has 1 aliphatic heterocycles. The number of benzene rings is 2. The van der Waals surface area contributed by atoms with Gasteiger partial charge >= 0.3 is 0 Å². The maximum absolute atomic E-state index is 13.2. The highest BCUT2D eigenvalue weighted by molar-refractivity contribution is 6.31. The number of fused-ring (bicyclic) bond motifs is 1. The maximum atomic E-state index is 13.2. The van der Waals surface area contributed by atoms with E-state index in [4.69, 9.17) is 16.3 Å². The molecule has 0 aliphatic carbocycles. The predicted molar refractivity (Wildman–Crippen MR) is 75.5 cm³/mol.